The zero-order chi connectivity index (χ0) is 13.1. The quantitative estimate of drug-likeness (QED) is 0.599. The molecule has 3 nitrogen and oxygen atoms in total. The van der Waals surface area contributed by atoms with Crippen molar-refractivity contribution in [2.24, 2.45) is 0 Å². The summed E-state index contributed by atoms with van der Waals surface area (Å²) in [5.41, 5.74) is 4.44. The largest absolute Gasteiger partial charge is 0.270 e. The lowest BCUT2D eigenvalue weighted by Gasteiger charge is -2.10. The summed E-state index contributed by atoms with van der Waals surface area (Å²) >= 11 is 0. The van der Waals surface area contributed by atoms with Crippen molar-refractivity contribution in [3.63, 3.8) is 0 Å². The average molecular weight is 241 g/mol. The monoisotopic (exact) mass is 241 g/mol. The molecule has 0 fully saturated rings. The van der Waals surface area contributed by atoms with Crippen LogP contribution in [0.1, 0.15) is 18.1 Å². The molecule has 0 aromatic heterocycles. The van der Waals surface area contributed by atoms with Gasteiger partial charge in [-0.2, -0.15) is 0 Å². The Morgan fingerprint density at radius 3 is 2.44 bits per heavy atom. The summed E-state index contributed by atoms with van der Waals surface area (Å²) in [5, 5.41) is 10.9. The number of non-ortho nitro benzene ring substituents is 1. The zero-order valence-corrected chi connectivity index (χ0v) is 10.5. The SMILES string of the molecule is CCc1ccc([N+](=O)[O-])cc1-c1ccccc1C. The van der Waals surface area contributed by atoms with Gasteiger partial charge in [0, 0.05) is 12.1 Å². The van der Waals surface area contributed by atoms with Crippen LogP contribution in [0.3, 0.4) is 0 Å². The van der Waals surface area contributed by atoms with Gasteiger partial charge in [-0.05, 0) is 35.6 Å². The van der Waals surface area contributed by atoms with Crippen molar-refractivity contribution in [3.05, 3.63) is 63.7 Å². The minimum Gasteiger partial charge on any atom is -0.258 e. The number of aryl methyl sites for hydroxylation is 2. The first-order valence-electron chi connectivity index (χ1n) is 5.96. The van der Waals surface area contributed by atoms with E-state index < -0.39 is 0 Å². The van der Waals surface area contributed by atoms with Crippen LogP contribution in [-0.4, -0.2) is 4.92 Å². The van der Waals surface area contributed by atoms with E-state index in [2.05, 4.69) is 6.92 Å². The first-order chi connectivity index (χ1) is 8.63. The van der Waals surface area contributed by atoms with Crippen LogP contribution in [0.25, 0.3) is 11.1 Å². The Morgan fingerprint density at radius 1 is 1.11 bits per heavy atom. The highest BCUT2D eigenvalue weighted by atomic mass is 16.6. The molecular weight excluding hydrogens is 226 g/mol. The first kappa shape index (κ1) is 12.3. The molecule has 0 heterocycles. The number of rotatable bonds is 3. The molecule has 0 aliphatic rings. The topological polar surface area (TPSA) is 43.1 Å². The molecule has 18 heavy (non-hydrogen) atoms. The van der Waals surface area contributed by atoms with Crippen molar-refractivity contribution in [1.82, 2.24) is 0 Å². The molecule has 0 radical (unpaired) electrons. The van der Waals surface area contributed by atoms with Gasteiger partial charge in [0.05, 0.1) is 4.92 Å². The van der Waals surface area contributed by atoms with E-state index in [0.717, 1.165) is 28.7 Å². The minimum absolute atomic E-state index is 0.144. The normalized spacial score (nSPS) is 10.3. The van der Waals surface area contributed by atoms with E-state index in [1.807, 2.05) is 37.3 Å². The van der Waals surface area contributed by atoms with E-state index >= 15 is 0 Å². The summed E-state index contributed by atoms with van der Waals surface area (Å²) in [6.45, 7) is 4.08. The van der Waals surface area contributed by atoms with Crippen LogP contribution in [0.15, 0.2) is 42.5 Å². The summed E-state index contributed by atoms with van der Waals surface area (Å²) in [6, 6.07) is 13.0. The number of hydrogen-bond acceptors (Lipinski definition) is 2. The number of nitro benzene ring substituents is 1. The summed E-state index contributed by atoms with van der Waals surface area (Å²) in [6.07, 6.45) is 0.863. The van der Waals surface area contributed by atoms with E-state index in [9.17, 15) is 10.1 Å². The molecule has 0 amide bonds. The predicted molar refractivity (Wildman–Crippen MR) is 72.6 cm³/mol. The fourth-order valence-corrected chi connectivity index (χ4v) is 2.11. The Hall–Kier alpha value is -2.16. The van der Waals surface area contributed by atoms with Gasteiger partial charge >= 0.3 is 0 Å². The fraction of sp³-hybridized carbons (Fsp3) is 0.200. The lowest BCUT2D eigenvalue weighted by molar-refractivity contribution is -0.384. The standard InChI is InChI=1S/C15H15NO2/c1-3-12-8-9-13(16(17)18)10-15(12)14-7-5-4-6-11(14)2/h4-10H,3H2,1-2H3. The van der Waals surface area contributed by atoms with Crippen LogP contribution in [-0.2, 0) is 6.42 Å². The van der Waals surface area contributed by atoms with Crippen molar-refractivity contribution in [1.29, 1.82) is 0 Å². The second-order valence-electron chi connectivity index (χ2n) is 4.27. The van der Waals surface area contributed by atoms with Crippen LogP contribution in [0, 0.1) is 17.0 Å². The Balaban J connectivity index is 2.64. The van der Waals surface area contributed by atoms with Crippen molar-refractivity contribution in [2.75, 3.05) is 0 Å². The third kappa shape index (κ3) is 2.25. The fourth-order valence-electron chi connectivity index (χ4n) is 2.11. The lowest BCUT2D eigenvalue weighted by Crippen LogP contribution is -1.94. The smallest absolute Gasteiger partial charge is 0.258 e. The van der Waals surface area contributed by atoms with Gasteiger partial charge in [-0.25, -0.2) is 0 Å². The molecule has 3 heteroatoms. The summed E-state index contributed by atoms with van der Waals surface area (Å²) in [5.74, 6) is 0. The molecule has 92 valence electrons. The van der Waals surface area contributed by atoms with E-state index in [1.54, 1.807) is 12.1 Å². The van der Waals surface area contributed by atoms with Crippen LogP contribution in [0.4, 0.5) is 5.69 Å². The van der Waals surface area contributed by atoms with Gasteiger partial charge in [0.1, 0.15) is 0 Å². The molecule has 0 unspecified atom stereocenters. The van der Waals surface area contributed by atoms with E-state index in [0.29, 0.717) is 0 Å². The van der Waals surface area contributed by atoms with Gasteiger partial charge in [0.25, 0.3) is 5.69 Å². The van der Waals surface area contributed by atoms with Gasteiger partial charge < -0.3 is 0 Å². The Labute approximate surface area is 106 Å². The highest BCUT2D eigenvalue weighted by Crippen LogP contribution is 2.30. The molecule has 0 saturated heterocycles. The molecule has 0 saturated carbocycles. The number of nitro groups is 1. The zero-order valence-electron chi connectivity index (χ0n) is 10.5. The van der Waals surface area contributed by atoms with Crippen LogP contribution < -0.4 is 0 Å². The Morgan fingerprint density at radius 2 is 1.83 bits per heavy atom. The Kier molecular flexibility index (Phi) is 3.42. The van der Waals surface area contributed by atoms with Crippen molar-refractivity contribution in [2.45, 2.75) is 20.3 Å². The number of benzene rings is 2. The molecule has 2 aromatic rings. The molecule has 2 aromatic carbocycles. The second kappa shape index (κ2) is 5.00. The van der Waals surface area contributed by atoms with Crippen LogP contribution >= 0.6 is 0 Å². The van der Waals surface area contributed by atoms with Crippen molar-refractivity contribution in [3.8, 4) is 11.1 Å². The Bertz CT molecular complexity index is 591. The van der Waals surface area contributed by atoms with Gasteiger partial charge in [-0.1, -0.05) is 37.3 Å². The molecular formula is C15H15NO2. The highest BCUT2D eigenvalue weighted by molar-refractivity contribution is 5.72. The second-order valence-corrected chi connectivity index (χ2v) is 4.27. The number of hydrogen-bond donors (Lipinski definition) is 0. The molecule has 0 spiro atoms. The summed E-state index contributed by atoms with van der Waals surface area (Å²) in [7, 11) is 0. The third-order valence-corrected chi connectivity index (χ3v) is 3.12. The highest BCUT2D eigenvalue weighted by Gasteiger charge is 2.12. The number of nitrogens with zero attached hydrogens (tertiary/aromatic N) is 1. The lowest BCUT2D eigenvalue weighted by atomic mass is 9.94. The van der Waals surface area contributed by atoms with Crippen molar-refractivity contribution < 1.29 is 4.92 Å². The predicted octanol–water partition coefficient (Wildman–Crippen LogP) is 4.13. The van der Waals surface area contributed by atoms with E-state index in [-0.39, 0.29) is 10.6 Å². The molecule has 0 atom stereocenters. The molecule has 0 bridgehead atoms. The van der Waals surface area contributed by atoms with Gasteiger partial charge in [0.15, 0.2) is 0 Å². The maximum Gasteiger partial charge on any atom is 0.270 e. The third-order valence-electron chi connectivity index (χ3n) is 3.12. The van der Waals surface area contributed by atoms with Crippen LogP contribution in [0.2, 0.25) is 0 Å². The van der Waals surface area contributed by atoms with Crippen molar-refractivity contribution >= 4 is 5.69 Å². The van der Waals surface area contributed by atoms with Gasteiger partial charge in [0.2, 0.25) is 0 Å². The molecule has 0 aliphatic carbocycles. The maximum absolute atomic E-state index is 10.9. The summed E-state index contributed by atoms with van der Waals surface area (Å²) < 4.78 is 0. The van der Waals surface area contributed by atoms with E-state index in [4.69, 9.17) is 0 Å². The van der Waals surface area contributed by atoms with E-state index in [1.165, 1.54) is 0 Å². The van der Waals surface area contributed by atoms with Crippen LogP contribution in [0.5, 0.6) is 0 Å². The first-order valence-corrected chi connectivity index (χ1v) is 5.96. The minimum atomic E-state index is -0.346. The maximum atomic E-state index is 10.9. The average Bonchev–Trinajstić information content (AvgIpc) is 2.38. The summed E-state index contributed by atoms with van der Waals surface area (Å²) in [4.78, 5) is 10.5. The molecule has 0 aliphatic heterocycles. The molecule has 0 N–H and O–H groups in total. The van der Waals surface area contributed by atoms with Gasteiger partial charge in [-0.15, -0.1) is 0 Å². The van der Waals surface area contributed by atoms with Gasteiger partial charge in [-0.3, -0.25) is 10.1 Å². The molecule has 2 rings (SSSR count).